The lowest BCUT2D eigenvalue weighted by Gasteiger charge is -2.18. The zero-order valence-electron chi connectivity index (χ0n) is 12.9. The second-order valence-electron chi connectivity index (χ2n) is 5.25. The fraction of sp³-hybridized carbons (Fsp3) is 0.222. The summed E-state index contributed by atoms with van der Waals surface area (Å²) >= 11 is 0. The van der Waals surface area contributed by atoms with E-state index >= 15 is 0 Å². The summed E-state index contributed by atoms with van der Waals surface area (Å²) in [6.07, 6.45) is 0.659. The highest BCUT2D eigenvalue weighted by Crippen LogP contribution is 2.39. The molecule has 0 spiro atoms. The summed E-state index contributed by atoms with van der Waals surface area (Å²) in [6, 6.07) is 10.8. The molecule has 2 N–H and O–H groups in total. The maximum Gasteiger partial charge on any atom is 0.343 e. The van der Waals surface area contributed by atoms with Crippen LogP contribution in [0.1, 0.15) is 52.5 Å². The van der Waals surface area contributed by atoms with E-state index in [1.807, 2.05) is 13.8 Å². The summed E-state index contributed by atoms with van der Waals surface area (Å²) in [5, 5.41) is 19.4. The summed E-state index contributed by atoms with van der Waals surface area (Å²) in [5.41, 5.74) is 0.487. The van der Waals surface area contributed by atoms with E-state index in [-0.39, 0.29) is 23.0 Å². The van der Waals surface area contributed by atoms with Crippen LogP contribution in [0.25, 0.3) is 0 Å². The van der Waals surface area contributed by atoms with Crippen molar-refractivity contribution in [2.75, 3.05) is 0 Å². The first-order valence-corrected chi connectivity index (χ1v) is 7.32. The molecule has 1 atom stereocenters. The molecule has 0 aliphatic rings. The van der Waals surface area contributed by atoms with Gasteiger partial charge in [-0.3, -0.25) is 0 Å². The molecule has 1 unspecified atom stereocenters. The van der Waals surface area contributed by atoms with E-state index in [0.29, 0.717) is 17.5 Å². The molecule has 0 fully saturated rings. The minimum Gasteiger partial charge on any atom is -0.508 e. The first-order chi connectivity index (χ1) is 11.0. The number of hydrogen-bond acceptors (Lipinski definition) is 4. The monoisotopic (exact) mass is 314 g/mol. The van der Waals surface area contributed by atoms with Crippen LogP contribution in [0.2, 0.25) is 0 Å². The van der Waals surface area contributed by atoms with Crippen LogP contribution < -0.4 is 4.74 Å². The number of aromatic hydroxyl groups is 1. The summed E-state index contributed by atoms with van der Waals surface area (Å²) < 4.78 is 5.35. The number of benzene rings is 2. The van der Waals surface area contributed by atoms with Crippen molar-refractivity contribution in [3.05, 3.63) is 59.2 Å². The van der Waals surface area contributed by atoms with Crippen molar-refractivity contribution < 1.29 is 24.5 Å². The van der Waals surface area contributed by atoms with Crippen molar-refractivity contribution in [2.24, 2.45) is 0 Å². The third-order valence-corrected chi connectivity index (χ3v) is 3.71. The molecule has 0 amide bonds. The SMILES string of the molecule is CCC(C)c1c(O)ccc(C(=O)O)c1OC(=O)c1ccccc1. The molecule has 120 valence electrons. The molecule has 5 nitrogen and oxygen atoms in total. The third kappa shape index (κ3) is 3.51. The minimum absolute atomic E-state index is 0.0831. The quantitative estimate of drug-likeness (QED) is 0.647. The number of rotatable bonds is 5. The number of aromatic carboxylic acids is 1. The van der Waals surface area contributed by atoms with Gasteiger partial charge in [-0.1, -0.05) is 32.0 Å². The Labute approximate surface area is 134 Å². The van der Waals surface area contributed by atoms with Gasteiger partial charge >= 0.3 is 11.9 Å². The van der Waals surface area contributed by atoms with E-state index in [9.17, 15) is 19.8 Å². The van der Waals surface area contributed by atoms with E-state index in [1.165, 1.54) is 12.1 Å². The molecule has 2 rings (SSSR count). The Morgan fingerprint density at radius 2 is 1.78 bits per heavy atom. The van der Waals surface area contributed by atoms with Gasteiger partial charge in [-0.25, -0.2) is 9.59 Å². The van der Waals surface area contributed by atoms with Gasteiger partial charge in [0.1, 0.15) is 11.3 Å². The maximum absolute atomic E-state index is 12.3. The lowest BCUT2D eigenvalue weighted by atomic mass is 9.94. The van der Waals surface area contributed by atoms with E-state index in [2.05, 4.69) is 0 Å². The zero-order valence-corrected chi connectivity index (χ0v) is 12.9. The van der Waals surface area contributed by atoms with E-state index in [0.717, 1.165) is 0 Å². The van der Waals surface area contributed by atoms with Gasteiger partial charge < -0.3 is 14.9 Å². The fourth-order valence-corrected chi connectivity index (χ4v) is 2.27. The molecule has 2 aromatic rings. The molecule has 0 heterocycles. The smallest absolute Gasteiger partial charge is 0.343 e. The number of phenolic OH excluding ortho intramolecular Hbond substituents is 1. The van der Waals surface area contributed by atoms with Gasteiger partial charge in [0.15, 0.2) is 5.75 Å². The van der Waals surface area contributed by atoms with Crippen molar-refractivity contribution >= 4 is 11.9 Å². The highest BCUT2D eigenvalue weighted by Gasteiger charge is 2.24. The normalized spacial score (nSPS) is 11.7. The van der Waals surface area contributed by atoms with Crippen LogP contribution >= 0.6 is 0 Å². The van der Waals surface area contributed by atoms with Crippen LogP contribution in [0.3, 0.4) is 0 Å². The molecule has 0 saturated heterocycles. The third-order valence-electron chi connectivity index (χ3n) is 3.71. The number of ether oxygens (including phenoxy) is 1. The van der Waals surface area contributed by atoms with Crippen LogP contribution in [0, 0.1) is 0 Å². The fourth-order valence-electron chi connectivity index (χ4n) is 2.27. The van der Waals surface area contributed by atoms with Crippen LogP contribution in [-0.2, 0) is 0 Å². The highest BCUT2D eigenvalue weighted by molar-refractivity contribution is 5.96. The van der Waals surface area contributed by atoms with Crippen molar-refractivity contribution in [1.82, 2.24) is 0 Å². The molecule has 23 heavy (non-hydrogen) atoms. The van der Waals surface area contributed by atoms with Gasteiger partial charge in [0.2, 0.25) is 0 Å². The molecule has 0 aliphatic carbocycles. The molecule has 2 aromatic carbocycles. The summed E-state index contributed by atoms with van der Waals surface area (Å²) in [4.78, 5) is 23.7. The number of phenols is 1. The molecule has 0 aliphatic heterocycles. The molecular formula is C18H18O5. The predicted molar refractivity (Wildman–Crippen MR) is 85.2 cm³/mol. The summed E-state index contributed by atoms with van der Waals surface area (Å²) in [6.45, 7) is 3.74. The summed E-state index contributed by atoms with van der Waals surface area (Å²) in [7, 11) is 0. The van der Waals surface area contributed by atoms with Crippen LogP contribution in [0.4, 0.5) is 0 Å². The Kier molecular flexibility index (Phi) is 5.01. The van der Waals surface area contributed by atoms with Gasteiger partial charge in [0.25, 0.3) is 0 Å². The second kappa shape index (κ2) is 6.96. The Hall–Kier alpha value is -2.82. The maximum atomic E-state index is 12.3. The van der Waals surface area contributed by atoms with Gasteiger partial charge in [0.05, 0.1) is 5.56 Å². The topological polar surface area (TPSA) is 83.8 Å². The van der Waals surface area contributed by atoms with Crippen molar-refractivity contribution in [1.29, 1.82) is 0 Å². The number of carboxylic acids is 1. The predicted octanol–water partition coefficient (Wildman–Crippen LogP) is 3.82. The Morgan fingerprint density at radius 3 is 2.35 bits per heavy atom. The van der Waals surface area contributed by atoms with Gasteiger partial charge in [-0.05, 0) is 36.6 Å². The Morgan fingerprint density at radius 1 is 1.13 bits per heavy atom. The van der Waals surface area contributed by atoms with Crippen molar-refractivity contribution in [3.8, 4) is 11.5 Å². The first kappa shape index (κ1) is 16.5. The molecule has 0 bridgehead atoms. The van der Waals surface area contributed by atoms with Gasteiger partial charge in [-0.15, -0.1) is 0 Å². The highest BCUT2D eigenvalue weighted by atomic mass is 16.5. The Bertz CT molecular complexity index is 722. The standard InChI is InChI=1S/C18H18O5/c1-3-11(2)15-14(19)10-9-13(17(20)21)16(15)23-18(22)12-7-5-4-6-8-12/h4-11,19H,3H2,1-2H3,(H,20,21). The molecule has 0 aromatic heterocycles. The van der Waals surface area contributed by atoms with E-state index in [1.54, 1.807) is 30.3 Å². The average molecular weight is 314 g/mol. The molecular weight excluding hydrogens is 296 g/mol. The number of carbonyl (C=O) groups excluding carboxylic acids is 1. The largest absolute Gasteiger partial charge is 0.508 e. The summed E-state index contributed by atoms with van der Waals surface area (Å²) in [5.74, 6) is -2.22. The number of hydrogen-bond donors (Lipinski definition) is 2. The number of esters is 1. The molecule has 0 saturated carbocycles. The number of carbonyl (C=O) groups is 2. The van der Waals surface area contributed by atoms with Gasteiger partial charge in [0, 0.05) is 5.56 Å². The molecule has 0 radical (unpaired) electrons. The zero-order chi connectivity index (χ0) is 17.0. The van der Waals surface area contributed by atoms with Gasteiger partial charge in [-0.2, -0.15) is 0 Å². The minimum atomic E-state index is -1.22. The van der Waals surface area contributed by atoms with E-state index in [4.69, 9.17) is 4.74 Å². The Balaban J connectivity index is 2.52. The van der Waals surface area contributed by atoms with Crippen LogP contribution in [0.15, 0.2) is 42.5 Å². The number of carboxylic acid groups (broad SMARTS) is 1. The lowest BCUT2D eigenvalue weighted by Crippen LogP contribution is -2.14. The lowest BCUT2D eigenvalue weighted by molar-refractivity contribution is 0.0680. The second-order valence-corrected chi connectivity index (χ2v) is 5.25. The van der Waals surface area contributed by atoms with Crippen molar-refractivity contribution in [3.63, 3.8) is 0 Å². The van der Waals surface area contributed by atoms with E-state index < -0.39 is 11.9 Å². The first-order valence-electron chi connectivity index (χ1n) is 7.32. The van der Waals surface area contributed by atoms with Crippen LogP contribution in [-0.4, -0.2) is 22.2 Å². The average Bonchev–Trinajstić information content (AvgIpc) is 2.55. The van der Waals surface area contributed by atoms with Crippen molar-refractivity contribution in [2.45, 2.75) is 26.2 Å². The molecule has 5 heteroatoms. The van der Waals surface area contributed by atoms with Crippen LogP contribution in [0.5, 0.6) is 11.5 Å².